The Morgan fingerprint density at radius 3 is 2.36 bits per heavy atom. The summed E-state index contributed by atoms with van der Waals surface area (Å²) in [6.07, 6.45) is 7.85. The van der Waals surface area contributed by atoms with Gasteiger partial charge >= 0.3 is 11.9 Å². The molecule has 11 heteroatoms. The second-order valence-electron chi connectivity index (χ2n) is 12.8. The number of rotatable bonds is 18. The molecule has 3 atom stereocenters. The van der Waals surface area contributed by atoms with Crippen LogP contribution >= 0.6 is 0 Å². The number of esters is 2. The quantitative estimate of drug-likeness (QED) is 0.132. The molecule has 2 heterocycles. The van der Waals surface area contributed by atoms with E-state index in [2.05, 4.69) is 13.2 Å². The lowest BCUT2D eigenvalue weighted by molar-refractivity contribution is -0.169. The van der Waals surface area contributed by atoms with Crippen molar-refractivity contribution in [1.29, 1.82) is 0 Å². The number of carbonyl (C=O) groups excluding carboxylic acids is 5. The van der Waals surface area contributed by atoms with E-state index in [0.29, 0.717) is 38.5 Å². The summed E-state index contributed by atoms with van der Waals surface area (Å²) in [7, 11) is 1.38. The molecule has 1 aromatic carbocycles. The van der Waals surface area contributed by atoms with Crippen LogP contribution < -0.4 is 0 Å². The highest BCUT2D eigenvalue weighted by Gasteiger charge is 2.52. The molecular weight excluding hydrogens is 604 g/mol. The Hall–Kier alpha value is -3.83. The van der Waals surface area contributed by atoms with Gasteiger partial charge in [-0.15, -0.1) is 13.2 Å². The number of ketones is 1. The number of benzene rings is 1. The first kappa shape index (κ1) is 36.0. The second kappa shape index (κ2) is 17.4. The predicted molar refractivity (Wildman–Crippen MR) is 173 cm³/mol. The van der Waals surface area contributed by atoms with Crippen molar-refractivity contribution in [2.24, 2.45) is 11.3 Å². The van der Waals surface area contributed by atoms with Crippen molar-refractivity contribution in [2.75, 3.05) is 40.0 Å². The van der Waals surface area contributed by atoms with Gasteiger partial charge in [0.25, 0.3) is 5.91 Å². The third-order valence-corrected chi connectivity index (χ3v) is 9.41. The fraction of sp³-hybridized carbons (Fsp3) is 0.583. The van der Waals surface area contributed by atoms with Crippen LogP contribution in [0.25, 0.3) is 0 Å². The summed E-state index contributed by atoms with van der Waals surface area (Å²) in [6.45, 7) is 7.65. The first-order valence-corrected chi connectivity index (χ1v) is 16.6. The number of carbonyl (C=O) groups is 5. The van der Waals surface area contributed by atoms with E-state index in [-0.39, 0.29) is 57.4 Å². The van der Waals surface area contributed by atoms with Gasteiger partial charge in [0.1, 0.15) is 32.0 Å². The SMILES string of the molecule is C=CCC(CC=C)C(=O)OC[C@@H](CN1CC2CCCC(C1=O)N2C(=O)C(=O)C1(COC(=O)COC)CCCC1)OCc1ccccc1. The van der Waals surface area contributed by atoms with Gasteiger partial charge in [-0.3, -0.25) is 19.2 Å². The van der Waals surface area contributed by atoms with Crippen LogP contribution in [0.2, 0.25) is 0 Å². The number of Topliss-reactive ketones (excluding diaryl/α,β-unsaturated/α-hetero) is 1. The summed E-state index contributed by atoms with van der Waals surface area (Å²) >= 11 is 0. The number of hydrogen-bond acceptors (Lipinski definition) is 9. The molecule has 0 N–H and O–H groups in total. The first-order chi connectivity index (χ1) is 22.7. The first-order valence-electron chi connectivity index (χ1n) is 16.6. The lowest BCUT2D eigenvalue weighted by Crippen LogP contribution is -2.67. The summed E-state index contributed by atoms with van der Waals surface area (Å²) in [5.41, 5.74) is -0.157. The number of nitrogens with zero attached hydrogens (tertiary/aromatic N) is 2. The number of amides is 2. The van der Waals surface area contributed by atoms with Crippen LogP contribution in [0.3, 0.4) is 0 Å². The molecule has 3 fully saturated rings. The molecule has 2 bridgehead atoms. The third kappa shape index (κ3) is 9.16. The van der Waals surface area contributed by atoms with E-state index in [1.54, 1.807) is 17.1 Å². The van der Waals surface area contributed by atoms with Gasteiger partial charge in [0, 0.05) is 13.7 Å². The minimum Gasteiger partial charge on any atom is -0.463 e. The van der Waals surface area contributed by atoms with Gasteiger partial charge in [-0.25, -0.2) is 4.79 Å². The van der Waals surface area contributed by atoms with Gasteiger partial charge < -0.3 is 28.7 Å². The van der Waals surface area contributed by atoms with Crippen LogP contribution in [-0.2, 0) is 49.5 Å². The number of likely N-dealkylation sites (tertiary alicyclic amines) is 1. The molecule has 4 rings (SSSR count). The zero-order valence-corrected chi connectivity index (χ0v) is 27.4. The number of allylic oxidation sites excluding steroid dienone is 2. The molecule has 2 aliphatic heterocycles. The molecule has 3 aliphatic rings. The number of piperazine rings is 1. The molecule has 0 radical (unpaired) electrons. The molecule has 1 aromatic rings. The minimum absolute atomic E-state index is 0.0546. The zero-order chi connectivity index (χ0) is 33.8. The van der Waals surface area contributed by atoms with Crippen molar-refractivity contribution in [3.8, 4) is 0 Å². The van der Waals surface area contributed by atoms with E-state index >= 15 is 0 Å². The number of ether oxygens (including phenoxy) is 4. The predicted octanol–water partition coefficient (Wildman–Crippen LogP) is 3.79. The summed E-state index contributed by atoms with van der Waals surface area (Å²) in [4.78, 5) is 69.7. The van der Waals surface area contributed by atoms with Crippen LogP contribution in [0.1, 0.15) is 63.4 Å². The summed E-state index contributed by atoms with van der Waals surface area (Å²) in [5, 5.41) is 0. The van der Waals surface area contributed by atoms with E-state index in [1.807, 2.05) is 30.3 Å². The Kier molecular flexibility index (Phi) is 13.3. The monoisotopic (exact) mass is 652 g/mol. The highest BCUT2D eigenvalue weighted by molar-refractivity contribution is 6.38. The number of methoxy groups -OCH3 is 1. The van der Waals surface area contributed by atoms with E-state index in [9.17, 15) is 24.0 Å². The average Bonchev–Trinajstić information content (AvgIpc) is 3.57. The maximum Gasteiger partial charge on any atom is 0.332 e. The van der Waals surface area contributed by atoms with Crippen LogP contribution in [0, 0.1) is 11.3 Å². The maximum absolute atomic E-state index is 13.9. The molecule has 2 saturated heterocycles. The number of piperidine rings is 1. The Labute approximate surface area is 277 Å². The molecule has 0 spiro atoms. The molecular formula is C36H48N2O9. The van der Waals surface area contributed by atoms with Crippen molar-refractivity contribution in [1.82, 2.24) is 9.80 Å². The summed E-state index contributed by atoms with van der Waals surface area (Å²) in [5.74, 6) is -2.92. The average molecular weight is 653 g/mol. The second-order valence-corrected chi connectivity index (χ2v) is 12.8. The van der Waals surface area contributed by atoms with Crippen molar-refractivity contribution in [3.63, 3.8) is 0 Å². The lowest BCUT2D eigenvalue weighted by atomic mass is 9.80. The number of hydrogen-bond donors (Lipinski definition) is 0. The largest absolute Gasteiger partial charge is 0.463 e. The van der Waals surface area contributed by atoms with Gasteiger partial charge in [-0.2, -0.15) is 0 Å². The van der Waals surface area contributed by atoms with Gasteiger partial charge in [0.15, 0.2) is 0 Å². The topological polar surface area (TPSA) is 129 Å². The van der Waals surface area contributed by atoms with E-state index in [0.717, 1.165) is 24.8 Å². The molecule has 0 aromatic heterocycles. The Morgan fingerprint density at radius 1 is 1.00 bits per heavy atom. The highest BCUT2D eigenvalue weighted by Crippen LogP contribution is 2.41. The molecule has 1 saturated carbocycles. The number of fused-ring (bicyclic) bond motifs is 2. The lowest BCUT2D eigenvalue weighted by Gasteiger charge is -2.50. The normalized spacial score (nSPS) is 20.9. The van der Waals surface area contributed by atoms with Crippen molar-refractivity contribution < 1.29 is 42.9 Å². The standard InChI is InChI=1S/C36H48N2O9/c1-4-12-27(13-5-2)35(43)46-23-29(45-22-26-14-7-6-8-15-26)21-37-20-28-16-11-17-30(33(37)41)38(28)34(42)32(40)36(18-9-10-19-36)25-47-31(39)24-44-3/h4-8,14-15,27-30H,1-2,9-13,16-25H2,3H3/t28?,29-,30?/m1/s1. The van der Waals surface area contributed by atoms with E-state index < -0.39 is 41.1 Å². The third-order valence-electron chi connectivity index (χ3n) is 9.41. The van der Waals surface area contributed by atoms with Crippen LogP contribution in [-0.4, -0.2) is 97.5 Å². The molecule has 2 unspecified atom stereocenters. The van der Waals surface area contributed by atoms with Crippen LogP contribution in [0.5, 0.6) is 0 Å². The van der Waals surface area contributed by atoms with Crippen molar-refractivity contribution in [3.05, 3.63) is 61.2 Å². The fourth-order valence-corrected chi connectivity index (χ4v) is 6.91. The minimum atomic E-state index is -1.09. The Morgan fingerprint density at radius 2 is 1.70 bits per heavy atom. The van der Waals surface area contributed by atoms with Crippen LogP contribution in [0.4, 0.5) is 0 Å². The maximum atomic E-state index is 13.9. The smallest absolute Gasteiger partial charge is 0.332 e. The highest BCUT2D eigenvalue weighted by atomic mass is 16.6. The molecule has 1 aliphatic carbocycles. The van der Waals surface area contributed by atoms with Gasteiger partial charge in [0.2, 0.25) is 11.7 Å². The fourth-order valence-electron chi connectivity index (χ4n) is 6.91. The molecule has 256 valence electrons. The molecule has 47 heavy (non-hydrogen) atoms. The summed E-state index contributed by atoms with van der Waals surface area (Å²) < 4.78 is 22.1. The van der Waals surface area contributed by atoms with Crippen molar-refractivity contribution in [2.45, 2.75) is 82.6 Å². The van der Waals surface area contributed by atoms with E-state index in [4.69, 9.17) is 18.9 Å². The Balaban J connectivity index is 1.46. The summed E-state index contributed by atoms with van der Waals surface area (Å²) in [6, 6.07) is 8.46. The zero-order valence-electron chi connectivity index (χ0n) is 27.4. The molecule has 2 amide bonds. The van der Waals surface area contributed by atoms with Gasteiger partial charge in [-0.05, 0) is 50.5 Å². The van der Waals surface area contributed by atoms with Crippen LogP contribution in [0.15, 0.2) is 55.6 Å². The molecule has 11 nitrogen and oxygen atoms in total. The Bertz CT molecular complexity index is 1270. The van der Waals surface area contributed by atoms with Gasteiger partial charge in [0.05, 0.1) is 30.5 Å². The van der Waals surface area contributed by atoms with Gasteiger partial charge in [-0.1, -0.05) is 55.3 Å². The van der Waals surface area contributed by atoms with E-state index in [1.165, 1.54) is 12.0 Å². The van der Waals surface area contributed by atoms with Crippen molar-refractivity contribution >= 4 is 29.5 Å².